The molecule has 2 rings (SSSR count). The Kier molecular flexibility index (Phi) is 2.38. The van der Waals surface area contributed by atoms with Crippen LogP contribution in [0, 0.1) is 0 Å². The third kappa shape index (κ3) is 1.76. The maximum atomic E-state index is 5.56. The van der Waals surface area contributed by atoms with Crippen LogP contribution in [-0.4, -0.2) is 4.37 Å². The third-order valence-corrected chi connectivity index (χ3v) is 2.68. The van der Waals surface area contributed by atoms with E-state index in [1.54, 1.807) is 0 Å². The Morgan fingerprint density at radius 2 is 2.23 bits per heavy atom. The molecule has 1 aromatic heterocycles. The molecule has 0 atom stereocenters. The second-order valence-corrected chi connectivity index (χ2v) is 3.61. The van der Waals surface area contributed by atoms with Gasteiger partial charge in [0.25, 0.3) is 0 Å². The SMILES string of the molecule is NCc1cccc(-c2ccns2)c1. The van der Waals surface area contributed by atoms with Crippen LogP contribution < -0.4 is 5.73 Å². The summed E-state index contributed by atoms with van der Waals surface area (Å²) in [6.45, 7) is 0.590. The second-order valence-electron chi connectivity index (χ2n) is 2.78. The lowest BCUT2D eigenvalue weighted by molar-refractivity contribution is 1.07. The molecule has 1 heterocycles. The van der Waals surface area contributed by atoms with Crippen molar-refractivity contribution in [1.29, 1.82) is 0 Å². The van der Waals surface area contributed by atoms with Gasteiger partial charge >= 0.3 is 0 Å². The molecule has 0 aliphatic rings. The fraction of sp³-hybridized carbons (Fsp3) is 0.100. The Morgan fingerprint density at radius 1 is 1.31 bits per heavy atom. The molecule has 13 heavy (non-hydrogen) atoms. The van der Waals surface area contributed by atoms with E-state index in [2.05, 4.69) is 16.5 Å². The third-order valence-electron chi connectivity index (χ3n) is 1.89. The van der Waals surface area contributed by atoms with Gasteiger partial charge < -0.3 is 5.73 Å². The van der Waals surface area contributed by atoms with Crippen molar-refractivity contribution in [2.75, 3.05) is 0 Å². The first-order valence-corrected chi connectivity index (χ1v) is 4.87. The van der Waals surface area contributed by atoms with Gasteiger partial charge in [0.2, 0.25) is 0 Å². The molecule has 3 heteroatoms. The van der Waals surface area contributed by atoms with E-state index in [4.69, 9.17) is 5.73 Å². The molecule has 66 valence electrons. The predicted octanol–water partition coefficient (Wildman–Crippen LogP) is 2.27. The predicted molar refractivity (Wildman–Crippen MR) is 55.4 cm³/mol. The highest BCUT2D eigenvalue weighted by Crippen LogP contribution is 2.23. The fourth-order valence-corrected chi connectivity index (χ4v) is 1.81. The minimum Gasteiger partial charge on any atom is -0.326 e. The summed E-state index contributed by atoms with van der Waals surface area (Å²) in [7, 11) is 0. The van der Waals surface area contributed by atoms with Crippen LogP contribution in [0.15, 0.2) is 36.5 Å². The van der Waals surface area contributed by atoms with Crippen LogP contribution in [0.1, 0.15) is 5.56 Å². The van der Waals surface area contributed by atoms with E-state index in [0.717, 1.165) is 5.56 Å². The molecule has 2 N–H and O–H groups in total. The van der Waals surface area contributed by atoms with Crippen molar-refractivity contribution in [1.82, 2.24) is 4.37 Å². The quantitative estimate of drug-likeness (QED) is 0.789. The number of benzene rings is 1. The normalized spacial score (nSPS) is 10.2. The van der Waals surface area contributed by atoms with E-state index in [9.17, 15) is 0 Å². The maximum Gasteiger partial charge on any atom is 0.0549 e. The van der Waals surface area contributed by atoms with Crippen molar-refractivity contribution in [2.24, 2.45) is 5.73 Å². The summed E-state index contributed by atoms with van der Waals surface area (Å²) in [4.78, 5) is 1.19. The fourth-order valence-electron chi connectivity index (χ4n) is 1.22. The van der Waals surface area contributed by atoms with E-state index >= 15 is 0 Å². The highest BCUT2D eigenvalue weighted by molar-refractivity contribution is 7.09. The lowest BCUT2D eigenvalue weighted by Gasteiger charge is -1.99. The molecule has 0 fully saturated rings. The molecular formula is C10H10N2S. The van der Waals surface area contributed by atoms with Gasteiger partial charge in [-0.25, -0.2) is 4.37 Å². The Balaban J connectivity index is 2.41. The number of nitrogens with two attached hydrogens (primary N) is 1. The summed E-state index contributed by atoms with van der Waals surface area (Å²) >= 11 is 1.50. The average Bonchev–Trinajstić information content (AvgIpc) is 2.71. The van der Waals surface area contributed by atoms with Crippen LogP contribution >= 0.6 is 11.5 Å². The van der Waals surface area contributed by atoms with E-state index < -0.39 is 0 Å². The largest absolute Gasteiger partial charge is 0.326 e. The first-order valence-electron chi connectivity index (χ1n) is 4.10. The number of hydrogen-bond acceptors (Lipinski definition) is 3. The molecule has 0 bridgehead atoms. The van der Waals surface area contributed by atoms with Crippen LogP contribution in [0.5, 0.6) is 0 Å². The van der Waals surface area contributed by atoms with E-state index in [1.165, 1.54) is 22.0 Å². The lowest BCUT2D eigenvalue weighted by Crippen LogP contribution is -1.95. The van der Waals surface area contributed by atoms with Gasteiger partial charge in [-0.2, -0.15) is 0 Å². The smallest absolute Gasteiger partial charge is 0.0549 e. The minimum atomic E-state index is 0.590. The molecule has 2 nitrogen and oxygen atoms in total. The van der Waals surface area contributed by atoms with Crippen molar-refractivity contribution in [3.05, 3.63) is 42.1 Å². The molecule has 0 saturated carbocycles. The summed E-state index contributed by atoms with van der Waals surface area (Å²) in [5, 5.41) is 0. The monoisotopic (exact) mass is 190 g/mol. The zero-order chi connectivity index (χ0) is 9.10. The number of nitrogens with zero attached hydrogens (tertiary/aromatic N) is 1. The van der Waals surface area contributed by atoms with E-state index in [1.807, 2.05) is 24.4 Å². The Labute approximate surface area is 81.2 Å². The summed E-state index contributed by atoms with van der Waals surface area (Å²) in [5.74, 6) is 0. The summed E-state index contributed by atoms with van der Waals surface area (Å²) < 4.78 is 4.06. The summed E-state index contributed by atoms with van der Waals surface area (Å²) in [6, 6.07) is 10.3. The second kappa shape index (κ2) is 3.68. The molecule has 0 radical (unpaired) electrons. The van der Waals surface area contributed by atoms with E-state index in [0.29, 0.717) is 6.54 Å². The van der Waals surface area contributed by atoms with Crippen molar-refractivity contribution < 1.29 is 0 Å². The van der Waals surface area contributed by atoms with Gasteiger partial charge in [-0.05, 0) is 34.8 Å². The van der Waals surface area contributed by atoms with Crippen LogP contribution in [0.3, 0.4) is 0 Å². The molecule has 0 spiro atoms. The van der Waals surface area contributed by atoms with Crippen LogP contribution in [0.2, 0.25) is 0 Å². The molecule has 0 aliphatic carbocycles. The zero-order valence-electron chi connectivity index (χ0n) is 7.10. The number of rotatable bonds is 2. The first-order chi connectivity index (χ1) is 6.40. The van der Waals surface area contributed by atoms with Crippen LogP contribution in [0.25, 0.3) is 10.4 Å². The topological polar surface area (TPSA) is 38.9 Å². The molecular weight excluding hydrogens is 180 g/mol. The highest BCUT2D eigenvalue weighted by atomic mass is 32.1. The Morgan fingerprint density at radius 3 is 2.92 bits per heavy atom. The van der Waals surface area contributed by atoms with Crippen molar-refractivity contribution >= 4 is 11.5 Å². The van der Waals surface area contributed by atoms with Gasteiger partial charge in [-0.3, -0.25) is 0 Å². The van der Waals surface area contributed by atoms with Gasteiger partial charge in [0, 0.05) is 12.7 Å². The first kappa shape index (κ1) is 8.41. The molecule has 0 aliphatic heterocycles. The Bertz CT molecular complexity index is 382. The van der Waals surface area contributed by atoms with Crippen molar-refractivity contribution in [3.8, 4) is 10.4 Å². The summed E-state index contributed by atoms with van der Waals surface area (Å²) in [6.07, 6.45) is 1.81. The molecule has 0 amide bonds. The van der Waals surface area contributed by atoms with Gasteiger partial charge in [-0.15, -0.1) is 0 Å². The van der Waals surface area contributed by atoms with Gasteiger partial charge in [0.05, 0.1) is 4.88 Å². The highest BCUT2D eigenvalue weighted by Gasteiger charge is 1.99. The van der Waals surface area contributed by atoms with Crippen LogP contribution in [0.4, 0.5) is 0 Å². The standard InChI is InChI=1S/C10H10N2S/c11-7-8-2-1-3-9(6-8)10-4-5-12-13-10/h1-6H,7,11H2. The molecule has 2 aromatic rings. The maximum absolute atomic E-state index is 5.56. The average molecular weight is 190 g/mol. The lowest BCUT2D eigenvalue weighted by atomic mass is 10.1. The number of aromatic nitrogens is 1. The van der Waals surface area contributed by atoms with Gasteiger partial charge in [-0.1, -0.05) is 18.2 Å². The Hall–Kier alpha value is -1.19. The van der Waals surface area contributed by atoms with Crippen molar-refractivity contribution in [2.45, 2.75) is 6.54 Å². The molecule has 0 saturated heterocycles. The van der Waals surface area contributed by atoms with Crippen molar-refractivity contribution in [3.63, 3.8) is 0 Å². The van der Waals surface area contributed by atoms with Gasteiger partial charge in [0.1, 0.15) is 0 Å². The molecule has 0 unspecified atom stereocenters. The zero-order valence-corrected chi connectivity index (χ0v) is 7.92. The minimum absolute atomic E-state index is 0.590. The van der Waals surface area contributed by atoms with E-state index in [-0.39, 0.29) is 0 Å². The number of hydrogen-bond donors (Lipinski definition) is 1. The van der Waals surface area contributed by atoms with Crippen LogP contribution in [-0.2, 0) is 6.54 Å². The molecule has 1 aromatic carbocycles. The van der Waals surface area contributed by atoms with Gasteiger partial charge in [0.15, 0.2) is 0 Å². The summed E-state index contributed by atoms with van der Waals surface area (Å²) in [5.41, 5.74) is 7.92.